The summed E-state index contributed by atoms with van der Waals surface area (Å²) >= 11 is 0. The van der Waals surface area contributed by atoms with Crippen LogP contribution in [0, 0.1) is 0 Å². The summed E-state index contributed by atoms with van der Waals surface area (Å²) in [6, 6.07) is 7.04. The molecule has 0 aliphatic heterocycles. The van der Waals surface area contributed by atoms with Gasteiger partial charge in [-0.1, -0.05) is 6.07 Å². The number of nitrogens with one attached hydrogen (secondary N) is 1. The van der Waals surface area contributed by atoms with Crippen LogP contribution in [0.2, 0.25) is 0 Å². The number of carbonyl (C=O) groups excluding carboxylic acids is 1. The standard InChI is InChI=1S/C11H15NO4/c1-15-10-4-2-3-9(7-10)12-11(14)8-16-6-5-13/h2-4,7,13H,5-6,8H2,1H3,(H,12,14). The maximum atomic E-state index is 11.3. The van der Waals surface area contributed by atoms with E-state index in [-0.39, 0.29) is 25.7 Å². The Morgan fingerprint density at radius 2 is 2.31 bits per heavy atom. The maximum absolute atomic E-state index is 11.3. The van der Waals surface area contributed by atoms with Crippen LogP contribution in [0.15, 0.2) is 24.3 Å². The Morgan fingerprint density at radius 3 is 3.00 bits per heavy atom. The normalized spacial score (nSPS) is 9.88. The summed E-state index contributed by atoms with van der Waals surface area (Å²) in [6.45, 7) is -0.00423. The summed E-state index contributed by atoms with van der Waals surface area (Å²) in [5.74, 6) is 0.413. The average Bonchev–Trinajstić information content (AvgIpc) is 2.29. The molecule has 0 aliphatic carbocycles. The van der Waals surface area contributed by atoms with Crippen LogP contribution in [-0.2, 0) is 9.53 Å². The third-order valence-electron chi connectivity index (χ3n) is 1.82. The van der Waals surface area contributed by atoms with Crippen molar-refractivity contribution in [2.75, 3.05) is 32.2 Å². The van der Waals surface area contributed by atoms with Gasteiger partial charge in [0.05, 0.1) is 20.3 Å². The monoisotopic (exact) mass is 225 g/mol. The molecule has 0 atom stereocenters. The van der Waals surface area contributed by atoms with Gasteiger partial charge in [0.25, 0.3) is 0 Å². The zero-order valence-corrected chi connectivity index (χ0v) is 9.10. The van der Waals surface area contributed by atoms with Crippen molar-refractivity contribution < 1.29 is 19.4 Å². The second-order valence-corrected chi connectivity index (χ2v) is 3.06. The number of hydrogen-bond acceptors (Lipinski definition) is 4. The van der Waals surface area contributed by atoms with Crippen molar-refractivity contribution in [3.8, 4) is 5.75 Å². The molecule has 0 radical (unpaired) electrons. The Labute approximate surface area is 94.0 Å². The first kappa shape index (κ1) is 12.5. The van der Waals surface area contributed by atoms with Crippen molar-refractivity contribution in [1.29, 1.82) is 0 Å². The zero-order chi connectivity index (χ0) is 11.8. The second kappa shape index (κ2) is 6.81. The average molecular weight is 225 g/mol. The predicted octanol–water partition coefficient (Wildman–Crippen LogP) is 0.643. The minimum Gasteiger partial charge on any atom is -0.497 e. The Hall–Kier alpha value is -1.59. The van der Waals surface area contributed by atoms with E-state index >= 15 is 0 Å². The molecule has 0 aliphatic rings. The lowest BCUT2D eigenvalue weighted by molar-refractivity contribution is -0.120. The van der Waals surface area contributed by atoms with Crippen molar-refractivity contribution in [2.45, 2.75) is 0 Å². The summed E-state index contributed by atoms with van der Waals surface area (Å²) in [5.41, 5.74) is 0.650. The SMILES string of the molecule is COc1cccc(NC(=O)COCCO)c1. The summed E-state index contributed by atoms with van der Waals surface area (Å²) in [4.78, 5) is 11.3. The number of hydrogen-bond donors (Lipinski definition) is 2. The zero-order valence-electron chi connectivity index (χ0n) is 9.10. The number of ether oxygens (including phenoxy) is 2. The van der Waals surface area contributed by atoms with Crippen molar-refractivity contribution in [1.82, 2.24) is 0 Å². The van der Waals surface area contributed by atoms with Crippen molar-refractivity contribution >= 4 is 11.6 Å². The van der Waals surface area contributed by atoms with Crippen LogP contribution in [0.3, 0.4) is 0 Å². The summed E-state index contributed by atoms with van der Waals surface area (Å²) < 4.78 is 9.90. The minimum absolute atomic E-state index is 0.0717. The third kappa shape index (κ3) is 4.29. The number of methoxy groups -OCH3 is 1. The third-order valence-corrected chi connectivity index (χ3v) is 1.82. The van der Waals surface area contributed by atoms with E-state index in [1.54, 1.807) is 31.4 Å². The molecule has 2 N–H and O–H groups in total. The van der Waals surface area contributed by atoms with Crippen LogP contribution in [0.25, 0.3) is 0 Å². The lowest BCUT2D eigenvalue weighted by Gasteiger charge is -2.06. The molecule has 88 valence electrons. The molecule has 1 rings (SSSR count). The second-order valence-electron chi connectivity index (χ2n) is 3.06. The van der Waals surface area contributed by atoms with Gasteiger partial charge in [0.2, 0.25) is 5.91 Å². The smallest absolute Gasteiger partial charge is 0.250 e. The van der Waals surface area contributed by atoms with E-state index in [9.17, 15) is 4.79 Å². The molecule has 0 heterocycles. The van der Waals surface area contributed by atoms with E-state index < -0.39 is 0 Å². The number of benzene rings is 1. The largest absolute Gasteiger partial charge is 0.497 e. The Balaban J connectivity index is 2.43. The van der Waals surface area contributed by atoms with Gasteiger partial charge in [0, 0.05) is 11.8 Å². The van der Waals surface area contributed by atoms with Crippen LogP contribution in [0.1, 0.15) is 0 Å². The number of carbonyl (C=O) groups is 1. The van der Waals surface area contributed by atoms with Crippen molar-refractivity contribution in [2.24, 2.45) is 0 Å². The maximum Gasteiger partial charge on any atom is 0.250 e. The lowest BCUT2D eigenvalue weighted by atomic mass is 10.3. The first-order valence-electron chi connectivity index (χ1n) is 4.88. The molecule has 0 unspecified atom stereocenters. The molecule has 0 saturated carbocycles. The van der Waals surface area contributed by atoms with Crippen LogP contribution >= 0.6 is 0 Å². The molecular weight excluding hydrogens is 210 g/mol. The highest BCUT2D eigenvalue weighted by atomic mass is 16.5. The molecule has 5 heteroatoms. The van der Waals surface area contributed by atoms with E-state index in [1.165, 1.54) is 0 Å². The number of anilines is 1. The fourth-order valence-electron chi connectivity index (χ4n) is 1.13. The topological polar surface area (TPSA) is 67.8 Å². The molecule has 0 saturated heterocycles. The summed E-state index contributed by atoms with van der Waals surface area (Å²) in [5, 5.41) is 11.1. The molecule has 0 bridgehead atoms. The van der Waals surface area contributed by atoms with E-state index in [1.807, 2.05) is 0 Å². The van der Waals surface area contributed by atoms with Crippen molar-refractivity contribution in [3.63, 3.8) is 0 Å². The molecule has 5 nitrogen and oxygen atoms in total. The molecule has 1 aromatic rings. The van der Waals surface area contributed by atoms with Crippen molar-refractivity contribution in [3.05, 3.63) is 24.3 Å². The number of amides is 1. The molecule has 0 spiro atoms. The van der Waals surface area contributed by atoms with E-state index in [2.05, 4.69) is 5.32 Å². The molecule has 16 heavy (non-hydrogen) atoms. The van der Waals surface area contributed by atoms with Crippen LogP contribution in [0.5, 0.6) is 5.75 Å². The van der Waals surface area contributed by atoms with E-state index in [4.69, 9.17) is 14.6 Å². The highest BCUT2D eigenvalue weighted by Gasteiger charge is 2.02. The predicted molar refractivity (Wildman–Crippen MR) is 59.5 cm³/mol. The van der Waals surface area contributed by atoms with E-state index in [0.717, 1.165) is 0 Å². The molecule has 1 amide bonds. The fraction of sp³-hybridized carbons (Fsp3) is 0.364. The van der Waals surface area contributed by atoms with Gasteiger partial charge in [-0.25, -0.2) is 0 Å². The molecule has 0 aromatic heterocycles. The first-order chi connectivity index (χ1) is 7.76. The van der Waals surface area contributed by atoms with Gasteiger partial charge in [0.1, 0.15) is 12.4 Å². The Kier molecular flexibility index (Phi) is 5.31. The summed E-state index contributed by atoms with van der Waals surface area (Å²) in [7, 11) is 1.56. The number of rotatable bonds is 6. The van der Waals surface area contributed by atoms with Gasteiger partial charge in [-0.2, -0.15) is 0 Å². The first-order valence-corrected chi connectivity index (χ1v) is 4.88. The van der Waals surface area contributed by atoms with Crippen LogP contribution in [0.4, 0.5) is 5.69 Å². The Bertz CT molecular complexity index is 341. The lowest BCUT2D eigenvalue weighted by Crippen LogP contribution is -2.19. The quantitative estimate of drug-likeness (QED) is 0.697. The molecular formula is C11H15NO4. The number of aliphatic hydroxyl groups excluding tert-OH is 1. The highest BCUT2D eigenvalue weighted by molar-refractivity contribution is 5.91. The molecule has 1 aromatic carbocycles. The fourth-order valence-corrected chi connectivity index (χ4v) is 1.13. The van der Waals surface area contributed by atoms with Gasteiger partial charge < -0.3 is 19.9 Å². The summed E-state index contributed by atoms with van der Waals surface area (Å²) in [6.07, 6.45) is 0. The van der Waals surface area contributed by atoms with Crippen LogP contribution in [-0.4, -0.2) is 37.9 Å². The van der Waals surface area contributed by atoms with E-state index in [0.29, 0.717) is 11.4 Å². The molecule has 0 fully saturated rings. The number of aliphatic hydroxyl groups is 1. The van der Waals surface area contributed by atoms with Gasteiger partial charge in [-0.3, -0.25) is 4.79 Å². The Morgan fingerprint density at radius 1 is 1.50 bits per heavy atom. The van der Waals surface area contributed by atoms with Gasteiger partial charge in [-0.05, 0) is 12.1 Å². The van der Waals surface area contributed by atoms with Gasteiger partial charge >= 0.3 is 0 Å². The minimum atomic E-state index is -0.262. The highest BCUT2D eigenvalue weighted by Crippen LogP contribution is 2.16. The van der Waals surface area contributed by atoms with Crippen LogP contribution < -0.4 is 10.1 Å². The van der Waals surface area contributed by atoms with Gasteiger partial charge in [0.15, 0.2) is 0 Å². The van der Waals surface area contributed by atoms with Gasteiger partial charge in [-0.15, -0.1) is 0 Å².